The predicted molar refractivity (Wildman–Crippen MR) is 97.9 cm³/mol. The molecule has 0 saturated carbocycles. The van der Waals surface area contributed by atoms with Crippen LogP contribution in [-0.2, 0) is 0 Å². The number of halogens is 1. The molecule has 0 atom stereocenters. The molecule has 0 spiro atoms. The van der Waals surface area contributed by atoms with Crippen LogP contribution in [0.3, 0.4) is 0 Å². The van der Waals surface area contributed by atoms with E-state index in [9.17, 15) is 4.79 Å². The number of benzene rings is 2. The molecule has 0 bridgehead atoms. The van der Waals surface area contributed by atoms with Crippen molar-refractivity contribution in [2.75, 3.05) is 40.5 Å². The number of hydrogen-bond acceptors (Lipinski definition) is 5. The number of nitrogens with zero attached hydrogens (tertiary/aromatic N) is 1. The Morgan fingerprint density at radius 2 is 1.96 bits per heavy atom. The maximum atomic E-state index is 12.7. The van der Waals surface area contributed by atoms with Gasteiger partial charge in [-0.05, 0) is 24.3 Å². The smallest absolute Gasteiger partial charge is 0.253 e. The zero-order valence-electron chi connectivity index (χ0n) is 14.7. The van der Waals surface area contributed by atoms with E-state index in [1.165, 1.54) is 7.11 Å². The predicted octanol–water partition coefficient (Wildman–Crippen LogP) is 3.27. The summed E-state index contributed by atoms with van der Waals surface area (Å²) in [6.45, 7) is 1.62. The molecule has 0 aromatic heterocycles. The first-order chi connectivity index (χ1) is 12.6. The van der Waals surface area contributed by atoms with Crippen molar-refractivity contribution in [3.05, 3.63) is 47.0 Å². The third kappa shape index (κ3) is 3.96. The van der Waals surface area contributed by atoms with Crippen molar-refractivity contribution >= 4 is 17.5 Å². The number of carbonyl (C=O) groups is 1. The van der Waals surface area contributed by atoms with E-state index in [-0.39, 0.29) is 5.91 Å². The molecule has 0 fully saturated rings. The van der Waals surface area contributed by atoms with Crippen molar-refractivity contribution in [2.45, 2.75) is 0 Å². The average molecular weight is 378 g/mol. The Labute approximate surface area is 157 Å². The Balaban J connectivity index is 1.65. The van der Waals surface area contributed by atoms with Gasteiger partial charge < -0.3 is 23.8 Å². The molecular formula is C19H20ClNO5. The fraction of sp³-hybridized carbons (Fsp3) is 0.316. The summed E-state index contributed by atoms with van der Waals surface area (Å²) in [6.07, 6.45) is 0. The molecule has 1 amide bonds. The largest absolute Gasteiger partial charge is 0.493 e. The Bertz CT molecular complexity index is 778. The highest BCUT2D eigenvalue weighted by Gasteiger charge is 2.22. The monoisotopic (exact) mass is 377 g/mol. The molecule has 2 aromatic rings. The molecule has 2 aromatic carbocycles. The van der Waals surface area contributed by atoms with Crippen LogP contribution in [0.2, 0.25) is 5.02 Å². The molecule has 3 rings (SSSR count). The molecule has 1 heterocycles. The molecule has 0 radical (unpaired) electrons. The minimum Gasteiger partial charge on any atom is -0.493 e. The lowest BCUT2D eigenvalue weighted by atomic mass is 10.1. The van der Waals surface area contributed by atoms with E-state index in [0.29, 0.717) is 59.9 Å². The van der Waals surface area contributed by atoms with Crippen LogP contribution in [0.5, 0.6) is 23.0 Å². The number of ether oxygens (including phenoxy) is 4. The van der Waals surface area contributed by atoms with Crippen LogP contribution in [0.4, 0.5) is 0 Å². The molecular weight excluding hydrogens is 358 g/mol. The van der Waals surface area contributed by atoms with E-state index in [1.54, 1.807) is 36.2 Å². The molecule has 26 heavy (non-hydrogen) atoms. The third-order valence-corrected chi connectivity index (χ3v) is 4.25. The van der Waals surface area contributed by atoms with E-state index in [0.717, 1.165) is 0 Å². The van der Waals surface area contributed by atoms with E-state index in [2.05, 4.69) is 0 Å². The van der Waals surface area contributed by atoms with Crippen molar-refractivity contribution in [2.24, 2.45) is 0 Å². The van der Waals surface area contributed by atoms with Crippen LogP contribution in [-0.4, -0.2) is 51.3 Å². The van der Waals surface area contributed by atoms with Gasteiger partial charge in [0.1, 0.15) is 25.6 Å². The molecule has 0 saturated heterocycles. The van der Waals surface area contributed by atoms with Crippen LogP contribution in [0.1, 0.15) is 10.4 Å². The minimum atomic E-state index is -0.164. The summed E-state index contributed by atoms with van der Waals surface area (Å²) in [5.41, 5.74) is 0.464. The summed E-state index contributed by atoms with van der Waals surface area (Å²) >= 11 is 6.05. The van der Waals surface area contributed by atoms with Crippen LogP contribution in [0.25, 0.3) is 0 Å². The Hall–Kier alpha value is -2.60. The van der Waals surface area contributed by atoms with Gasteiger partial charge in [0.05, 0.1) is 18.7 Å². The molecule has 0 N–H and O–H groups in total. The Morgan fingerprint density at radius 3 is 2.73 bits per heavy atom. The van der Waals surface area contributed by atoms with Crippen molar-refractivity contribution in [3.63, 3.8) is 0 Å². The van der Waals surface area contributed by atoms with Gasteiger partial charge in [-0.2, -0.15) is 0 Å². The molecule has 138 valence electrons. The SMILES string of the molecule is COc1cc(C(=O)N(C)CCOc2ccccc2Cl)cc2c1OCCO2. The molecule has 0 unspecified atom stereocenters. The molecule has 7 heteroatoms. The molecule has 1 aliphatic heterocycles. The Kier molecular flexibility index (Phi) is 5.73. The fourth-order valence-electron chi connectivity index (χ4n) is 2.57. The van der Waals surface area contributed by atoms with Gasteiger partial charge in [-0.1, -0.05) is 23.7 Å². The number of methoxy groups -OCH3 is 1. The van der Waals surface area contributed by atoms with Gasteiger partial charge in [0, 0.05) is 12.6 Å². The number of amides is 1. The zero-order chi connectivity index (χ0) is 18.5. The topological polar surface area (TPSA) is 57.2 Å². The number of likely N-dealkylation sites (N-methyl/N-ethyl adjacent to an activating group) is 1. The molecule has 0 aliphatic carbocycles. The lowest BCUT2D eigenvalue weighted by molar-refractivity contribution is 0.0772. The summed E-state index contributed by atoms with van der Waals surface area (Å²) < 4.78 is 22.1. The fourth-order valence-corrected chi connectivity index (χ4v) is 2.76. The van der Waals surface area contributed by atoms with Gasteiger partial charge in [-0.25, -0.2) is 0 Å². The lowest BCUT2D eigenvalue weighted by Gasteiger charge is -2.23. The quantitative estimate of drug-likeness (QED) is 0.773. The van der Waals surface area contributed by atoms with Gasteiger partial charge in [0.2, 0.25) is 5.75 Å². The minimum absolute atomic E-state index is 0.164. The summed E-state index contributed by atoms with van der Waals surface area (Å²) in [6, 6.07) is 10.5. The second-order valence-corrected chi connectivity index (χ2v) is 6.12. The summed E-state index contributed by atoms with van der Waals surface area (Å²) in [5.74, 6) is 1.95. The zero-order valence-corrected chi connectivity index (χ0v) is 15.4. The first kappa shape index (κ1) is 18.2. The van der Waals surface area contributed by atoms with Crippen LogP contribution in [0, 0.1) is 0 Å². The highest BCUT2D eigenvalue weighted by molar-refractivity contribution is 6.32. The second-order valence-electron chi connectivity index (χ2n) is 5.71. The summed E-state index contributed by atoms with van der Waals surface area (Å²) in [7, 11) is 3.24. The van der Waals surface area contributed by atoms with Gasteiger partial charge in [-0.15, -0.1) is 0 Å². The normalized spacial score (nSPS) is 12.4. The first-order valence-electron chi connectivity index (χ1n) is 8.20. The van der Waals surface area contributed by atoms with Gasteiger partial charge in [0.15, 0.2) is 11.5 Å². The second kappa shape index (κ2) is 8.19. The van der Waals surface area contributed by atoms with E-state index in [4.69, 9.17) is 30.5 Å². The van der Waals surface area contributed by atoms with Crippen molar-refractivity contribution in [1.82, 2.24) is 4.90 Å². The van der Waals surface area contributed by atoms with Crippen LogP contribution >= 0.6 is 11.6 Å². The van der Waals surface area contributed by atoms with Crippen molar-refractivity contribution in [1.29, 1.82) is 0 Å². The maximum Gasteiger partial charge on any atom is 0.253 e. The maximum absolute atomic E-state index is 12.7. The average Bonchev–Trinajstić information content (AvgIpc) is 2.67. The first-order valence-corrected chi connectivity index (χ1v) is 8.58. The highest BCUT2D eigenvalue weighted by atomic mass is 35.5. The lowest BCUT2D eigenvalue weighted by Crippen LogP contribution is -2.31. The van der Waals surface area contributed by atoms with Gasteiger partial charge in [0.25, 0.3) is 5.91 Å². The summed E-state index contributed by atoms with van der Waals surface area (Å²) in [5, 5.41) is 0.540. The number of rotatable bonds is 6. The van der Waals surface area contributed by atoms with Gasteiger partial charge in [-0.3, -0.25) is 4.79 Å². The van der Waals surface area contributed by atoms with E-state index < -0.39 is 0 Å². The number of para-hydroxylation sites is 1. The Morgan fingerprint density at radius 1 is 1.19 bits per heavy atom. The number of hydrogen-bond donors (Lipinski definition) is 0. The molecule has 1 aliphatic rings. The molecule has 6 nitrogen and oxygen atoms in total. The van der Waals surface area contributed by atoms with Crippen LogP contribution in [0.15, 0.2) is 36.4 Å². The van der Waals surface area contributed by atoms with E-state index >= 15 is 0 Å². The highest BCUT2D eigenvalue weighted by Crippen LogP contribution is 2.40. The van der Waals surface area contributed by atoms with Crippen molar-refractivity contribution in [3.8, 4) is 23.0 Å². The van der Waals surface area contributed by atoms with Crippen LogP contribution < -0.4 is 18.9 Å². The number of carbonyl (C=O) groups excluding carboxylic acids is 1. The number of fused-ring (bicyclic) bond motifs is 1. The van der Waals surface area contributed by atoms with E-state index in [1.807, 2.05) is 12.1 Å². The van der Waals surface area contributed by atoms with Gasteiger partial charge >= 0.3 is 0 Å². The van der Waals surface area contributed by atoms with Crippen molar-refractivity contribution < 1.29 is 23.7 Å². The third-order valence-electron chi connectivity index (χ3n) is 3.94. The standard InChI is InChI=1S/C19H20ClNO5/c1-21(7-8-24-15-6-4-3-5-14(15)20)19(22)13-11-16(23-2)18-17(12-13)25-9-10-26-18/h3-6,11-12H,7-10H2,1-2H3. The summed E-state index contributed by atoms with van der Waals surface area (Å²) in [4.78, 5) is 14.3.